The Kier molecular flexibility index (Phi) is 1.22. The van der Waals surface area contributed by atoms with Gasteiger partial charge in [0.15, 0.2) is 0 Å². The van der Waals surface area contributed by atoms with Crippen molar-refractivity contribution in [1.29, 1.82) is 0 Å². The lowest BCUT2D eigenvalue weighted by Crippen LogP contribution is -1.94. The zero-order valence-corrected chi connectivity index (χ0v) is 6.28. The van der Waals surface area contributed by atoms with Gasteiger partial charge < -0.3 is 5.73 Å². The maximum atomic E-state index is 5.77. The number of halogens is 1. The molecule has 0 saturated heterocycles. The highest BCUT2D eigenvalue weighted by Crippen LogP contribution is 2.16. The van der Waals surface area contributed by atoms with Gasteiger partial charge in [-0.1, -0.05) is 11.6 Å². The van der Waals surface area contributed by atoms with Crippen molar-refractivity contribution in [3.05, 3.63) is 23.5 Å². The van der Waals surface area contributed by atoms with Gasteiger partial charge in [-0.15, -0.1) is 4.63 Å². The van der Waals surface area contributed by atoms with Crippen molar-refractivity contribution in [2.24, 2.45) is 0 Å². The maximum absolute atomic E-state index is 5.77. The molecule has 11 heavy (non-hydrogen) atoms. The molecule has 5 heteroatoms. The maximum Gasteiger partial charge on any atom is 0.108 e. The van der Waals surface area contributed by atoms with Crippen molar-refractivity contribution in [3.63, 3.8) is 0 Å². The Bertz CT molecular complexity index is 394. The highest BCUT2D eigenvalue weighted by molar-refractivity contribution is 6.33. The fraction of sp³-hybridized carbons (Fsp3) is 0. The molecule has 0 atom stereocenters. The first-order chi connectivity index (χ1) is 5.27. The number of anilines is 1. The number of nitrogens with zero attached hydrogens (tertiary/aromatic N) is 3. The van der Waals surface area contributed by atoms with Crippen molar-refractivity contribution in [2.45, 2.75) is 0 Å². The Morgan fingerprint density at radius 3 is 2.91 bits per heavy atom. The molecule has 2 aromatic rings. The molecule has 2 rings (SSSR count). The third-order valence-corrected chi connectivity index (χ3v) is 1.65. The van der Waals surface area contributed by atoms with Gasteiger partial charge in [0, 0.05) is 0 Å². The number of nitrogen functional groups attached to an aromatic ring is 1. The topological polar surface area (TPSA) is 56.2 Å². The molecular formula is C6H5ClN4. The Balaban J connectivity index is 2.87. The zero-order valence-electron chi connectivity index (χ0n) is 5.53. The average Bonchev–Trinajstić information content (AvgIpc) is 2.33. The third kappa shape index (κ3) is 0.914. The van der Waals surface area contributed by atoms with Crippen LogP contribution in [0.15, 0.2) is 18.5 Å². The number of rotatable bonds is 0. The van der Waals surface area contributed by atoms with E-state index in [1.165, 1.54) is 17.0 Å². The summed E-state index contributed by atoms with van der Waals surface area (Å²) in [5.41, 5.74) is 6.80. The minimum Gasteiger partial charge on any atom is -0.397 e. The lowest BCUT2D eigenvalue weighted by Gasteiger charge is -1.92. The van der Waals surface area contributed by atoms with E-state index in [0.29, 0.717) is 10.7 Å². The molecule has 0 aliphatic rings. The van der Waals surface area contributed by atoms with Gasteiger partial charge in [0.05, 0.1) is 23.1 Å². The fourth-order valence-corrected chi connectivity index (χ4v) is 1.04. The van der Waals surface area contributed by atoms with Crippen molar-refractivity contribution >= 4 is 22.8 Å². The Morgan fingerprint density at radius 1 is 1.36 bits per heavy atom. The van der Waals surface area contributed by atoms with E-state index in [1.807, 2.05) is 0 Å². The van der Waals surface area contributed by atoms with Crippen LogP contribution in [0.4, 0.5) is 5.69 Å². The van der Waals surface area contributed by atoms with Gasteiger partial charge in [0.1, 0.15) is 5.52 Å². The van der Waals surface area contributed by atoms with Crippen LogP contribution in [0.3, 0.4) is 0 Å². The predicted octanol–water partition coefficient (Wildman–Crippen LogP) is 0.965. The van der Waals surface area contributed by atoms with Gasteiger partial charge in [-0.25, -0.2) is 0 Å². The molecule has 0 aliphatic heterocycles. The summed E-state index contributed by atoms with van der Waals surface area (Å²) in [5, 5.41) is 8.34. The summed E-state index contributed by atoms with van der Waals surface area (Å²) in [6.07, 6.45) is 3.06. The molecule has 2 heterocycles. The second kappa shape index (κ2) is 2.10. The summed E-state index contributed by atoms with van der Waals surface area (Å²) in [7, 11) is 0. The largest absolute Gasteiger partial charge is 0.397 e. The first-order valence-electron chi connectivity index (χ1n) is 3.02. The summed E-state index contributed by atoms with van der Waals surface area (Å²) in [5.74, 6) is 0. The number of fused-ring (bicyclic) bond motifs is 1. The van der Waals surface area contributed by atoms with Gasteiger partial charge >= 0.3 is 0 Å². The molecule has 0 spiro atoms. The van der Waals surface area contributed by atoms with E-state index >= 15 is 0 Å². The lowest BCUT2D eigenvalue weighted by molar-refractivity contribution is 0.801. The van der Waals surface area contributed by atoms with E-state index in [-0.39, 0.29) is 0 Å². The molecule has 0 saturated carbocycles. The van der Waals surface area contributed by atoms with Crippen LogP contribution >= 0.6 is 11.6 Å². The van der Waals surface area contributed by atoms with Crippen molar-refractivity contribution in [2.75, 3.05) is 5.73 Å². The van der Waals surface area contributed by atoms with Gasteiger partial charge in [0.2, 0.25) is 0 Å². The summed E-state index contributed by atoms with van der Waals surface area (Å²) >= 11 is 5.77. The van der Waals surface area contributed by atoms with Crippen LogP contribution < -0.4 is 5.73 Å². The molecule has 2 N–H and O–H groups in total. The molecule has 0 unspecified atom stereocenters. The molecule has 0 radical (unpaired) electrons. The van der Waals surface area contributed by atoms with Gasteiger partial charge in [-0.05, 0) is 6.07 Å². The predicted molar refractivity (Wildman–Crippen MR) is 42.4 cm³/mol. The molecule has 0 fully saturated rings. The first kappa shape index (κ1) is 6.42. The van der Waals surface area contributed by atoms with E-state index in [2.05, 4.69) is 10.2 Å². The number of aromatic nitrogens is 3. The van der Waals surface area contributed by atoms with Gasteiger partial charge in [-0.2, -0.15) is 10.2 Å². The highest BCUT2D eigenvalue weighted by atomic mass is 35.5. The molecule has 0 aliphatic carbocycles. The second-order valence-electron chi connectivity index (χ2n) is 2.16. The third-order valence-electron chi connectivity index (χ3n) is 1.36. The highest BCUT2D eigenvalue weighted by Gasteiger charge is 2.00. The van der Waals surface area contributed by atoms with Crippen LogP contribution in [0.1, 0.15) is 0 Å². The monoisotopic (exact) mass is 168 g/mol. The number of nitrogens with two attached hydrogens (primary N) is 1. The quantitative estimate of drug-likeness (QED) is 0.638. The first-order valence-corrected chi connectivity index (χ1v) is 3.40. The molecular weight excluding hydrogens is 164 g/mol. The molecule has 2 aromatic heterocycles. The SMILES string of the molecule is Nc1cnn2ncc(Cl)c2c1. The standard InChI is InChI=1S/C6H5ClN4/c7-5-3-10-11-6(5)1-4(8)2-9-11/h1-3H,8H2. The normalized spacial score (nSPS) is 10.6. The molecule has 56 valence electrons. The van der Waals surface area contributed by atoms with E-state index in [0.717, 1.165) is 5.52 Å². The van der Waals surface area contributed by atoms with Crippen LogP contribution in [-0.4, -0.2) is 14.8 Å². The summed E-state index contributed by atoms with van der Waals surface area (Å²) < 4.78 is 1.43. The van der Waals surface area contributed by atoms with Crippen molar-refractivity contribution < 1.29 is 0 Å². The smallest absolute Gasteiger partial charge is 0.108 e. The van der Waals surface area contributed by atoms with Crippen LogP contribution in [0, 0.1) is 0 Å². The van der Waals surface area contributed by atoms with Gasteiger partial charge in [0.25, 0.3) is 0 Å². The Hall–Kier alpha value is -1.29. The van der Waals surface area contributed by atoms with E-state index in [1.54, 1.807) is 6.07 Å². The molecule has 0 amide bonds. The van der Waals surface area contributed by atoms with E-state index < -0.39 is 0 Å². The summed E-state index contributed by atoms with van der Waals surface area (Å²) in [4.78, 5) is 0. The zero-order chi connectivity index (χ0) is 7.84. The minimum atomic E-state index is 0.560. The minimum absolute atomic E-state index is 0.560. The molecule has 0 bridgehead atoms. The molecule has 4 nitrogen and oxygen atoms in total. The van der Waals surface area contributed by atoms with Crippen molar-refractivity contribution in [3.8, 4) is 0 Å². The number of hydrogen-bond donors (Lipinski definition) is 1. The van der Waals surface area contributed by atoms with Crippen LogP contribution in [0.2, 0.25) is 5.02 Å². The summed E-state index contributed by atoms with van der Waals surface area (Å²) in [6, 6.07) is 1.72. The summed E-state index contributed by atoms with van der Waals surface area (Å²) in [6.45, 7) is 0. The fourth-order valence-electron chi connectivity index (χ4n) is 0.864. The Labute approximate surface area is 67.6 Å². The van der Waals surface area contributed by atoms with E-state index in [9.17, 15) is 0 Å². The second-order valence-corrected chi connectivity index (χ2v) is 2.56. The number of hydrogen-bond acceptors (Lipinski definition) is 3. The van der Waals surface area contributed by atoms with Crippen molar-refractivity contribution in [1.82, 2.24) is 14.8 Å². The molecule has 0 aromatic carbocycles. The average molecular weight is 169 g/mol. The van der Waals surface area contributed by atoms with Crippen LogP contribution in [-0.2, 0) is 0 Å². The van der Waals surface area contributed by atoms with Crippen LogP contribution in [0.25, 0.3) is 5.52 Å². The van der Waals surface area contributed by atoms with E-state index in [4.69, 9.17) is 17.3 Å². The van der Waals surface area contributed by atoms with Gasteiger partial charge in [-0.3, -0.25) is 0 Å². The Morgan fingerprint density at radius 2 is 2.09 bits per heavy atom. The van der Waals surface area contributed by atoms with Crippen LogP contribution in [0.5, 0.6) is 0 Å². The lowest BCUT2D eigenvalue weighted by atomic mass is 10.4.